The van der Waals surface area contributed by atoms with Crippen molar-refractivity contribution in [2.24, 2.45) is 5.73 Å². The van der Waals surface area contributed by atoms with Crippen LogP contribution in [0.2, 0.25) is 0 Å². The van der Waals surface area contributed by atoms with Gasteiger partial charge in [-0.3, -0.25) is 4.79 Å². The zero-order valence-electron chi connectivity index (χ0n) is 13.6. The van der Waals surface area contributed by atoms with Gasteiger partial charge in [-0.2, -0.15) is 0 Å². The summed E-state index contributed by atoms with van der Waals surface area (Å²) < 4.78 is 5.81. The first-order valence-electron chi connectivity index (χ1n) is 8.24. The van der Waals surface area contributed by atoms with Gasteiger partial charge in [-0.1, -0.05) is 18.2 Å². The summed E-state index contributed by atoms with van der Waals surface area (Å²) in [6.07, 6.45) is 3.60. The molecule has 0 aliphatic carbocycles. The molecule has 128 valence electrons. The normalized spacial score (nSPS) is 17.2. The second-order valence-electron chi connectivity index (χ2n) is 5.96. The van der Waals surface area contributed by atoms with Crippen LogP contribution in [0.1, 0.15) is 23.3 Å². The van der Waals surface area contributed by atoms with E-state index in [-0.39, 0.29) is 11.9 Å². The summed E-state index contributed by atoms with van der Waals surface area (Å²) in [7, 11) is 0. The number of likely N-dealkylation sites (tertiary alicyclic amines) is 1. The summed E-state index contributed by atoms with van der Waals surface area (Å²) in [5, 5.41) is 2.43. The predicted octanol–water partition coefficient (Wildman–Crippen LogP) is 3.03. The number of nitrogens with zero attached hydrogens (tertiary/aromatic N) is 3. The number of benzene rings is 1. The number of carbonyl (C=O) groups excluding carboxylic acids is 1. The summed E-state index contributed by atoms with van der Waals surface area (Å²) in [5.74, 6) is 1.05. The molecule has 6 nitrogen and oxygen atoms in total. The number of amides is 1. The molecule has 3 heterocycles. The minimum absolute atomic E-state index is 0.0572. The van der Waals surface area contributed by atoms with Crippen molar-refractivity contribution in [1.82, 2.24) is 14.9 Å². The van der Waals surface area contributed by atoms with Gasteiger partial charge in [0.1, 0.15) is 5.69 Å². The average Bonchev–Trinajstić information content (AvgIpc) is 3.41. The van der Waals surface area contributed by atoms with Crippen LogP contribution in [0.3, 0.4) is 0 Å². The van der Waals surface area contributed by atoms with Crippen molar-refractivity contribution >= 4 is 17.2 Å². The van der Waals surface area contributed by atoms with E-state index in [1.807, 2.05) is 35.2 Å². The van der Waals surface area contributed by atoms with Gasteiger partial charge in [0.05, 0.1) is 6.20 Å². The molecule has 1 saturated heterocycles. The van der Waals surface area contributed by atoms with E-state index >= 15 is 0 Å². The van der Waals surface area contributed by atoms with E-state index in [1.54, 1.807) is 11.6 Å². The van der Waals surface area contributed by atoms with Crippen molar-refractivity contribution in [3.63, 3.8) is 0 Å². The van der Waals surface area contributed by atoms with Gasteiger partial charge in [0.2, 0.25) is 5.89 Å². The molecule has 25 heavy (non-hydrogen) atoms. The number of rotatable bonds is 4. The first kappa shape index (κ1) is 16.0. The highest BCUT2D eigenvalue weighted by Crippen LogP contribution is 2.29. The van der Waals surface area contributed by atoms with E-state index in [0.717, 1.165) is 24.9 Å². The summed E-state index contributed by atoms with van der Waals surface area (Å²) >= 11 is 1.38. The van der Waals surface area contributed by atoms with E-state index < -0.39 is 0 Å². The van der Waals surface area contributed by atoms with Crippen LogP contribution in [0.25, 0.3) is 22.2 Å². The number of hydrogen-bond acceptors (Lipinski definition) is 6. The fourth-order valence-electron chi connectivity index (χ4n) is 3.07. The maximum Gasteiger partial charge on any atom is 0.273 e. The lowest BCUT2D eigenvalue weighted by Crippen LogP contribution is -2.40. The summed E-state index contributed by atoms with van der Waals surface area (Å²) in [5.41, 5.74) is 7.11. The molecule has 1 aliphatic heterocycles. The molecule has 1 amide bonds. The Morgan fingerprint density at radius 3 is 3.00 bits per heavy atom. The number of carbonyl (C=O) groups is 1. The van der Waals surface area contributed by atoms with E-state index in [0.29, 0.717) is 28.9 Å². The molecule has 7 heteroatoms. The summed E-state index contributed by atoms with van der Waals surface area (Å²) in [6.45, 7) is 1.24. The van der Waals surface area contributed by atoms with E-state index in [1.165, 1.54) is 11.3 Å². The van der Waals surface area contributed by atoms with Gasteiger partial charge >= 0.3 is 0 Å². The molecule has 1 fully saturated rings. The standard InChI is InChI=1S/C18H18N4O2S/c19-9-13-7-4-8-22(13)18(23)14-11-25-17(21-14)15-10-20-16(24-15)12-5-2-1-3-6-12/h1-3,5-6,10-11,13H,4,7-9,19H2/t13-/m1/s1. The van der Waals surface area contributed by atoms with Crippen molar-refractivity contribution in [2.75, 3.05) is 13.1 Å². The van der Waals surface area contributed by atoms with E-state index in [9.17, 15) is 4.79 Å². The molecule has 0 bridgehead atoms. The Bertz CT molecular complexity index is 874. The molecule has 1 atom stereocenters. The summed E-state index contributed by atoms with van der Waals surface area (Å²) in [4.78, 5) is 23.2. The van der Waals surface area contributed by atoms with Crippen molar-refractivity contribution in [3.05, 3.63) is 47.6 Å². The van der Waals surface area contributed by atoms with Gasteiger partial charge in [-0.05, 0) is 25.0 Å². The highest BCUT2D eigenvalue weighted by molar-refractivity contribution is 7.13. The molecule has 1 aliphatic rings. The first-order chi connectivity index (χ1) is 12.3. The Balaban J connectivity index is 1.56. The van der Waals surface area contributed by atoms with Gasteiger partial charge in [-0.25, -0.2) is 9.97 Å². The van der Waals surface area contributed by atoms with Gasteiger partial charge in [0.25, 0.3) is 5.91 Å². The number of thiazole rings is 1. The largest absolute Gasteiger partial charge is 0.434 e. The minimum Gasteiger partial charge on any atom is -0.434 e. The van der Waals surface area contributed by atoms with Crippen molar-refractivity contribution in [1.29, 1.82) is 0 Å². The maximum absolute atomic E-state index is 12.7. The van der Waals surface area contributed by atoms with E-state index in [4.69, 9.17) is 10.2 Å². The van der Waals surface area contributed by atoms with Crippen LogP contribution in [0.4, 0.5) is 0 Å². The van der Waals surface area contributed by atoms with Crippen molar-refractivity contribution in [3.8, 4) is 22.2 Å². The second kappa shape index (κ2) is 6.78. The van der Waals surface area contributed by atoms with Gasteiger partial charge in [0.15, 0.2) is 10.8 Å². The Labute approximate surface area is 149 Å². The molecule has 2 aromatic heterocycles. The van der Waals surface area contributed by atoms with Gasteiger partial charge < -0.3 is 15.1 Å². The van der Waals surface area contributed by atoms with Crippen molar-refractivity contribution < 1.29 is 9.21 Å². The predicted molar refractivity (Wildman–Crippen MR) is 96.2 cm³/mol. The fourth-order valence-corrected chi connectivity index (χ4v) is 3.81. The lowest BCUT2D eigenvalue weighted by Gasteiger charge is -2.22. The number of aromatic nitrogens is 2. The fraction of sp³-hybridized carbons (Fsp3) is 0.278. The molecule has 1 aromatic carbocycles. The van der Waals surface area contributed by atoms with Crippen LogP contribution in [0.5, 0.6) is 0 Å². The highest BCUT2D eigenvalue weighted by atomic mass is 32.1. The third-order valence-corrected chi connectivity index (χ3v) is 5.23. The molecule has 0 unspecified atom stereocenters. The van der Waals surface area contributed by atoms with Crippen LogP contribution < -0.4 is 5.73 Å². The second-order valence-corrected chi connectivity index (χ2v) is 6.82. The molecule has 0 radical (unpaired) electrons. The minimum atomic E-state index is -0.0572. The zero-order valence-corrected chi connectivity index (χ0v) is 14.4. The summed E-state index contributed by atoms with van der Waals surface area (Å²) in [6, 6.07) is 9.80. The third kappa shape index (κ3) is 3.08. The van der Waals surface area contributed by atoms with Crippen LogP contribution in [-0.2, 0) is 0 Å². The van der Waals surface area contributed by atoms with Crippen LogP contribution >= 0.6 is 11.3 Å². The Morgan fingerprint density at radius 1 is 1.36 bits per heavy atom. The molecule has 3 aromatic rings. The SMILES string of the molecule is NC[C@H]1CCCN1C(=O)c1csc(-c2cnc(-c3ccccc3)o2)n1. The van der Waals surface area contributed by atoms with Crippen molar-refractivity contribution in [2.45, 2.75) is 18.9 Å². The topological polar surface area (TPSA) is 85.2 Å². The number of nitrogens with two attached hydrogens (primary N) is 1. The molecular formula is C18H18N4O2S. The van der Waals surface area contributed by atoms with Crippen LogP contribution in [-0.4, -0.2) is 39.9 Å². The van der Waals surface area contributed by atoms with Crippen LogP contribution in [0.15, 0.2) is 46.3 Å². The Kier molecular flexibility index (Phi) is 4.33. The van der Waals surface area contributed by atoms with Crippen LogP contribution in [0, 0.1) is 0 Å². The van der Waals surface area contributed by atoms with E-state index in [2.05, 4.69) is 9.97 Å². The molecular weight excluding hydrogens is 336 g/mol. The average molecular weight is 354 g/mol. The quantitative estimate of drug-likeness (QED) is 0.778. The van der Waals surface area contributed by atoms with Gasteiger partial charge in [0, 0.05) is 30.1 Å². The zero-order chi connectivity index (χ0) is 17.2. The Morgan fingerprint density at radius 2 is 2.20 bits per heavy atom. The lowest BCUT2D eigenvalue weighted by molar-refractivity contribution is 0.0736. The Hall–Kier alpha value is -2.51. The highest BCUT2D eigenvalue weighted by Gasteiger charge is 2.29. The smallest absolute Gasteiger partial charge is 0.273 e. The molecule has 0 saturated carbocycles. The number of oxazole rings is 1. The number of hydrogen-bond donors (Lipinski definition) is 1. The molecule has 0 spiro atoms. The van der Waals surface area contributed by atoms with Gasteiger partial charge in [-0.15, -0.1) is 11.3 Å². The molecule has 4 rings (SSSR count). The third-order valence-electron chi connectivity index (χ3n) is 4.37. The maximum atomic E-state index is 12.7. The lowest BCUT2D eigenvalue weighted by atomic mass is 10.2. The monoisotopic (exact) mass is 354 g/mol. The molecule has 2 N–H and O–H groups in total. The first-order valence-corrected chi connectivity index (χ1v) is 9.12.